The summed E-state index contributed by atoms with van der Waals surface area (Å²) in [5.41, 5.74) is 0.506. The fraction of sp³-hybridized carbons (Fsp3) is 0.350. The molecule has 0 spiro atoms. The lowest BCUT2D eigenvalue weighted by Crippen LogP contribution is -2.10. The molecule has 1 saturated carbocycles. The molecule has 144 valence electrons. The Morgan fingerprint density at radius 2 is 1.93 bits per heavy atom. The SMILES string of the molecule is CC1(C)[C@H](C=C(Cl)c2ccc(Cl)cc2)[C@@H]1C(=O)OCc1ccc(C(F)F)o1. The monoisotopic (exact) mass is 414 g/mol. The highest BCUT2D eigenvalue weighted by Gasteiger charge is 2.61. The zero-order chi connectivity index (χ0) is 19.8. The summed E-state index contributed by atoms with van der Waals surface area (Å²) in [5.74, 6) is -1.10. The molecular weight excluding hydrogens is 397 g/mol. The molecule has 1 aliphatic carbocycles. The van der Waals surface area contributed by atoms with Gasteiger partial charge in [0, 0.05) is 10.1 Å². The van der Waals surface area contributed by atoms with E-state index in [2.05, 4.69) is 0 Å². The predicted octanol–water partition coefficient (Wildman–Crippen LogP) is 6.47. The molecule has 0 amide bonds. The zero-order valence-corrected chi connectivity index (χ0v) is 16.2. The fourth-order valence-electron chi connectivity index (χ4n) is 3.12. The summed E-state index contributed by atoms with van der Waals surface area (Å²) in [6.45, 7) is 3.72. The maximum atomic E-state index is 12.5. The van der Waals surface area contributed by atoms with Gasteiger partial charge in [0.25, 0.3) is 6.43 Å². The van der Waals surface area contributed by atoms with Gasteiger partial charge in [-0.3, -0.25) is 4.79 Å². The molecule has 27 heavy (non-hydrogen) atoms. The first kappa shape index (κ1) is 19.9. The number of halogens is 4. The smallest absolute Gasteiger partial charge is 0.310 e. The van der Waals surface area contributed by atoms with Gasteiger partial charge in [-0.2, -0.15) is 0 Å². The first-order valence-corrected chi connectivity index (χ1v) is 9.12. The van der Waals surface area contributed by atoms with Crippen molar-refractivity contribution in [2.45, 2.75) is 26.9 Å². The quantitative estimate of drug-likeness (QED) is 0.508. The Hall–Kier alpha value is -1.85. The lowest BCUT2D eigenvalue weighted by Gasteiger charge is -2.04. The van der Waals surface area contributed by atoms with Crippen molar-refractivity contribution in [3.05, 3.63) is 64.6 Å². The number of furan rings is 1. The van der Waals surface area contributed by atoms with Crippen LogP contribution in [0.5, 0.6) is 0 Å². The van der Waals surface area contributed by atoms with Crippen LogP contribution in [0.2, 0.25) is 5.02 Å². The van der Waals surface area contributed by atoms with E-state index in [1.54, 1.807) is 24.3 Å². The van der Waals surface area contributed by atoms with Crippen molar-refractivity contribution >= 4 is 34.2 Å². The summed E-state index contributed by atoms with van der Waals surface area (Å²) in [6.07, 6.45) is -0.847. The van der Waals surface area contributed by atoms with Gasteiger partial charge in [-0.25, -0.2) is 8.78 Å². The lowest BCUT2D eigenvalue weighted by molar-refractivity contribution is -0.148. The number of alkyl halides is 2. The lowest BCUT2D eigenvalue weighted by atomic mass is 10.1. The molecule has 3 rings (SSSR count). The van der Waals surface area contributed by atoms with Crippen LogP contribution in [0.4, 0.5) is 8.78 Å². The summed E-state index contributed by atoms with van der Waals surface area (Å²) in [6, 6.07) is 9.65. The van der Waals surface area contributed by atoms with E-state index in [9.17, 15) is 13.6 Å². The number of benzene rings is 1. The van der Waals surface area contributed by atoms with Crippen LogP contribution in [-0.4, -0.2) is 5.97 Å². The van der Waals surface area contributed by atoms with E-state index in [4.69, 9.17) is 32.4 Å². The van der Waals surface area contributed by atoms with Gasteiger partial charge < -0.3 is 9.15 Å². The third-order valence-electron chi connectivity index (χ3n) is 4.86. The number of ether oxygens (including phenoxy) is 1. The summed E-state index contributed by atoms with van der Waals surface area (Å²) in [7, 11) is 0. The number of esters is 1. The highest BCUT2D eigenvalue weighted by atomic mass is 35.5. The number of hydrogen-bond donors (Lipinski definition) is 0. The number of rotatable bonds is 6. The van der Waals surface area contributed by atoms with Gasteiger partial charge in [0.1, 0.15) is 12.4 Å². The molecule has 1 aromatic heterocycles. The number of hydrogen-bond acceptors (Lipinski definition) is 3. The molecule has 3 nitrogen and oxygen atoms in total. The highest BCUT2D eigenvalue weighted by molar-refractivity contribution is 6.48. The second kappa shape index (κ2) is 7.64. The summed E-state index contributed by atoms with van der Waals surface area (Å²) in [4.78, 5) is 12.4. The number of carbonyl (C=O) groups is 1. The summed E-state index contributed by atoms with van der Waals surface area (Å²) >= 11 is 12.3. The number of allylic oxidation sites excluding steroid dienone is 1. The molecule has 0 aliphatic heterocycles. The Labute approximate surface area is 165 Å². The van der Waals surface area contributed by atoms with Crippen molar-refractivity contribution in [3.8, 4) is 0 Å². The average Bonchev–Trinajstić information content (AvgIpc) is 2.97. The largest absolute Gasteiger partial charge is 0.457 e. The predicted molar refractivity (Wildman–Crippen MR) is 99.5 cm³/mol. The third kappa shape index (κ3) is 4.36. The normalized spacial score (nSPS) is 21.4. The highest BCUT2D eigenvalue weighted by Crippen LogP contribution is 2.60. The van der Waals surface area contributed by atoms with E-state index >= 15 is 0 Å². The van der Waals surface area contributed by atoms with Crippen LogP contribution in [0.1, 0.15) is 37.4 Å². The van der Waals surface area contributed by atoms with Crippen LogP contribution >= 0.6 is 23.2 Å². The van der Waals surface area contributed by atoms with Crippen LogP contribution in [0, 0.1) is 17.3 Å². The van der Waals surface area contributed by atoms with E-state index in [0.717, 1.165) is 5.56 Å². The Kier molecular flexibility index (Phi) is 5.63. The molecule has 0 bridgehead atoms. The van der Waals surface area contributed by atoms with Gasteiger partial charge in [0.2, 0.25) is 0 Å². The molecule has 1 aliphatic rings. The summed E-state index contributed by atoms with van der Waals surface area (Å²) < 4.78 is 35.2. The van der Waals surface area contributed by atoms with E-state index in [1.165, 1.54) is 12.1 Å². The van der Waals surface area contributed by atoms with Gasteiger partial charge in [-0.05, 0) is 41.2 Å². The molecule has 7 heteroatoms. The fourth-order valence-corrected chi connectivity index (χ4v) is 3.51. The average molecular weight is 415 g/mol. The Bertz CT molecular complexity index is 856. The standard InChI is InChI=1S/C20H18Cl2F2O3/c1-20(2)14(9-15(22)11-3-5-12(21)6-4-11)17(20)19(25)26-10-13-7-8-16(27-13)18(23)24/h3-9,14,17-18H,10H2,1-2H3/t14-,17-/m1/s1. The van der Waals surface area contributed by atoms with Crippen LogP contribution in [0.15, 0.2) is 46.9 Å². The van der Waals surface area contributed by atoms with Gasteiger partial charge in [0.15, 0.2) is 5.76 Å². The Balaban J connectivity index is 1.63. The molecule has 0 unspecified atom stereocenters. The molecule has 1 aromatic carbocycles. The molecular formula is C20H18Cl2F2O3. The van der Waals surface area contributed by atoms with Gasteiger partial charge in [-0.1, -0.05) is 55.3 Å². The minimum Gasteiger partial charge on any atom is -0.457 e. The second-order valence-corrected chi connectivity index (χ2v) is 7.90. The van der Waals surface area contributed by atoms with E-state index < -0.39 is 18.2 Å². The molecule has 1 heterocycles. The Morgan fingerprint density at radius 3 is 2.52 bits per heavy atom. The van der Waals surface area contributed by atoms with Crippen LogP contribution in [0.25, 0.3) is 5.03 Å². The first-order valence-electron chi connectivity index (χ1n) is 8.37. The topological polar surface area (TPSA) is 39.4 Å². The van der Waals surface area contributed by atoms with Crippen molar-refractivity contribution in [2.24, 2.45) is 17.3 Å². The third-order valence-corrected chi connectivity index (χ3v) is 5.46. The van der Waals surface area contributed by atoms with Gasteiger partial charge >= 0.3 is 5.97 Å². The first-order chi connectivity index (χ1) is 12.7. The van der Waals surface area contributed by atoms with Crippen molar-refractivity contribution in [2.75, 3.05) is 0 Å². The van der Waals surface area contributed by atoms with Crippen LogP contribution in [0.3, 0.4) is 0 Å². The van der Waals surface area contributed by atoms with Crippen molar-refractivity contribution in [1.82, 2.24) is 0 Å². The van der Waals surface area contributed by atoms with Crippen molar-refractivity contribution in [3.63, 3.8) is 0 Å². The van der Waals surface area contributed by atoms with Crippen molar-refractivity contribution < 1.29 is 22.7 Å². The molecule has 0 saturated heterocycles. The Morgan fingerprint density at radius 1 is 1.26 bits per heavy atom. The van der Waals surface area contributed by atoms with E-state index in [0.29, 0.717) is 10.1 Å². The van der Waals surface area contributed by atoms with Gasteiger partial charge in [-0.15, -0.1) is 0 Å². The van der Waals surface area contributed by atoms with E-state index in [1.807, 2.05) is 19.9 Å². The second-order valence-electron chi connectivity index (χ2n) is 7.06. The molecule has 2 aromatic rings. The maximum absolute atomic E-state index is 12.5. The molecule has 1 fully saturated rings. The van der Waals surface area contributed by atoms with Crippen LogP contribution in [-0.2, 0) is 16.1 Å². The molecule has 0 N–H and O–H groups in total. The van der Waals surface area contributed by atoms with E-state index in [-0.39, 0.29) is 29.6 Å². The maximum Gasteiger partial charge on any atom is 0.310 e. The van der Waals surface area contributed by atoms with Crippen LogP contribution < -0.4 is 0 Å². The molecule has 2 atom stereocenters. The minimum atomic E-state index is -2.69. The van der Waals surface area contributed by atoms with Gasteiger partial charge in [0.05, 0.1) is 5.92 Å². The minimum absolute atomic E-state index is 0.0820. The molecule has 0 radical (unpaired) electrons. The zero-order valence-electron chi connectivity index (χ0n) is 14.7. The number of carbonyl (C=O) groups excluding carboxylic acids is 1. The van der Waals surface area contributed by atoms with Crippen molar-refractivity contribution in [1.29, 1.82) is 0 Å². The summed E-state index contributed by atoms with van der Waals surface area (Å²) in [5, 5.41) is 1.15.